The predicted molar refractivity (Wildman–Crippen MR) is 96.4 cm³/mol. The molecule has 0 aromatic heterocycles. The first-order valence-electron chi connectivity index (χ1n) is 7.36. The van der Waals surface area contributed by atoms with Crippen molar-refractivity contribution in [2.24, 2.45) is 10.9 Å². The summed E-state index contributed by atoms with van der Waals surface area (Å²) < 4.78 is 4.70. The van der Waals surface area contributed by atoms with Crippen LogP contribution < -0.4 is 5.32 Å². The topological polar surface area (TPSA) is 74.2 Å². The van der Waals surface area contributed by atoms with Crippen molar-refractivity contribution in [1.82, 2.24) is 15.1 Å². The number of nitrogens with zero attached hydrogens (tertiary/aromatic N) is 3. The number of guanidine groups is 1. The standard InChI is InChI=1S/C14H26N4O3.HI/c1-5-15-14(16-10-11(2)13(20)21-4)18-8-6-17(7-9-18)12(3)19;/h11H,5-10H2,1-4H3,(H,15,16);1H. The highest BCUT2D eigenvalue weighted by atomic mass is 127. The summed E-state index contributed by atoms with van der Waals surface area (Å²) in [4.78, 5) is 31.2. The molecular weight excluding hydrogens is 399 g/mol. The van der Waals surface area contributed by atoms with Gasteiger partial charge in [-0.1, -0.05) is 6.92 Å². The zero-order chi connectivity index (χ0) is 15.8. The Morgan fingerprint density at radius 1 is 1.23 bits per heavy atom. The van der Waals surface area contributed by atoms with Crippen LogP contribution >= 0.6 is 24.0 Å². The van der Waals surface area contributed by atoms with Gasteiger partial charge in [-0.2, -0.15) is 0 Å². The number of piperazine rings is 1. The molecule has 1 unspecified atom stereocenters. The molecule has 22 heavy (non-hydrogen) atoms. The molecule has 1 aliphatic rings. The van der Waals surface area contributed by atoms with Crippen molar-refractivity contribution in [2.45, 2.75) is 20.8 Å². The Morgan fingerprint density at radius 2 is 1.77 bits per heavy atom. The Morgan fingerprint density at radius 3 is 2.23 bits per heavy atom. The van der Waals surface area contributed by atoms with Crippen molar-refractivity contribution in [1.29, 1.82) is 0 Å². The summed E-state index contributed by atoms with van der Waals surface area (Å²) >= 11 is 0. The fourth-order valence-corrected chi connectivity index (χ4v) is 2.16. The van der Waals surface area contributed by atoms with E-state index in [1.807, 2.05) is 11.8 Å². The summed E-state index contributed by atoms with van der Waals surface area (Å²) in [6.07, 6.45) is 0. The smallest absolute Gasteiger partial charge is 0.310 e. The van der Waals surface area contributed by atoms with Gasteiger partial charge < -0.3 is 19.9 Å². The van der Waals surface area contributed by atoms with Crippen molar-refractivity contribution >= 4 is 41.8 Å². The van der Waals surface area contributed by atoms with Gasteiger partial charge in [0.15, 0.2) is 5.96 Å². The molecule has 1 rings (SSSR count). The van der Waals surface area contributed by atoms with Gasteiger partial charge in [-0.15, -0.1) is 24.0 Å². The normalized spacial score (nSPS) is 16.6. The van der Waals surface area contributed by atoms with Crippen LogP contribution in [0.5, 0.6) is 0 Å². The molecule has 1 heterocycles. The van der Waals surface area contributed by atoms with Gasteiger partial charge in [-0.05, 0) is 6.92 Å². The Kier molecular flexibility index (Phi) is 10.1. The summed E-state index contributed by atoms with van der Waals surface area (Å²) in [5.74, 6) is 0.380. The zero-order valence-corrected chi connectivity index (χ0v) is 16.1. The van der Waals surface area contributed by atoms with Crippen molar-refractivity contribution in [3.63, 3.8) is 0 Å². The largest absolute Gasteiger partial charge is 0.469 e. The molecule has 1 N–H and O–H groups in total. The second-order valence-corrected chi connectivity index (χ2v) is 5.11. The number of rotatable bonds is 4. The lowest BCUT2D eigenvalue weighted by atomic mass is 10.2. The van der Waals surface area contributed by atoms with Crippen LogP contribution in [0.1, 0.15) is 20.8 Å². The molecule has 1 atom stereocenters. The van der Waals surface area contributed by atoms with E-state index in [0.717, 1.165) is 25.6 Å². The van der Waals surface area contributed by atoms with E-state index in [9.17, 15) is 9.59 Å². The Hall–Kier alpha value is -1.06. The molecule has 0 bridgehead atoms. The highest BCUT2D eigenvalue weighted by molar-refractivity contribution is 14.0. The van der Waals surface area contributed by atoms with Crippen LogP contribution in [0.4, 0.5) is 0 Å². The zero-order valence-electron chi connectivity index (χ0n) is 13.8. The van der Waals surface area contributed by atoms with Crippen molar-refractivity contribution < 1.29 is 14.3 Å². The minimum atomic E-state index is -0.262. The first-order valence-corrected chi connectivity index (χ1v) is 7.36. The number of carbonyl (C=O) groups excluding carboxylic acids is 2. The first kappa shape index (κ1) is 20.9. The van der Waals surface area contributed by atoms with Crippen molar-refractivity contribution in [3.8, 4) is 0 Å². The maximum absolute atomic E-state index is 11.4. The fourth-order valence-electron chi connectivity index (χ4n) is 2.16. The summed E-state index contributed by atoms with van der Waals surface area (Å²) in [5.41, 5.74) is 0. The average molecular weight is 426 g/mol. The molecule has 0 spiro atoms. The second kappa shape index (κ2) is 10.6. The molecular formula is C14H27IN4O3. The molecule has 1 saturated heterocycles. The molecule has 7 nitrogen and oxygen atoms in total. The summed E-state index contributed by atoms with van der Waals surface area (Å²) in [5, 5.41) is 3.23. The van der Waals surface area contributed by atoms with E-state index in [-0.39, 0.29) is 41.8 Å². The number of halogens is 1. The number of methoxy groups -OCH3 is 1. The van der Waals surface area contributed by atoms with Crippen LogP contribution in [0.15, 0.2) is 4.99 Å². The van der Waals surface area contributed by atoms with Gasteiger partial charge >= 0.3 is 5.97 Å². The summed E-state index contributed by atoms with van der Waals surface area (Å²) in [6.45, 7) is 9.44. The van der Waals surface area contributed by atoms with E-state index in [2.05, 4.69) is 15.2 Å². The number of aliphatic imine (C=N–C) groups is 1. The SMILES string of the molecule is CCNC(=NCC(C)C(=O)OC)N1CCN(C(C)=O)CC1.I. The third kappa shape index (κ3) is 6.37. The molecule has 0 saturated carbocycles. The van der Waals surface area contributed by atoms with Gasteiger partial charge in [0.05, 0.1) is 19.6 Å². The quantitative estimate of drug-likeness (QED) is 0.308. The molecule has 0 radical (unpaired) electrons. The van der Waals surface area contributed by atoms with Gasteiger partial charge in [0.1, 0.15) is 0 Å². The number of esters is 1. The van der Waals surface area contributed by atoms with Gasteiger partial charge in [-0.3, -0.25) is 14.6 Å². The maximum atomic E-state index is 11.4. The van der Waals surface area contributed by atoms with Crippen LogP contribution in [-0.2, 0) is 14.3 Å². The summed E-state index contributed by atoms with van der Waals surface area (Å²) in [6, 6.07) is 0. The van der Waals surface area contributed by atoms with Crippen LogP contribution in [0.25, 0.3) is 0 Å². The summed E-state index contributed by atoms with van der Waals surface area (Å²) in [7, 11) is 1.38. The van der Waals surface area contributed by atoms with Crippen molar-refractivity contribution in [2.75, 3.05) is 46.4 Å². The number of amides is 1. The van der Waals surface area contributed by atoms with Gasteiger partial charge in [0.2, 0.25) is 5.91 Å². The number of hydrogen-bond acceptors (Lipinski definition) is 4. The van der Waals surface area contributed by atoms with E-state index >= 15 is 0 Å². The lowest BCUT2D eigenvalue weighted by Gasteiger charge is -2.36. The molecule has 0 aromatic carbocycles. The Labute approximate surface area is 149 Å². The van der Waals surface area contributed by atoms with E-state index in [0.29, 0.717) is 19.6 Å². The minimum Gasteiger partial charge on any atom is -0.469 e. The van der Waals surface area contributed by atoms with Crippen molar-refractivity contribution in [3.05, 3.63) is 0 Å². The third-order valence-corrected chi connectivity index (χ3v) is 3.48. The molecule has 8 heteroatoms. The van der Waals surface area contributed by atoms with E-state index < -0.39 is 0 Å². The van der Waals surface area contributed by atoms with Crippen LogP contribution in [0, 0.1) is 5.92 Å². The molecule has 0 aromatic rings. The van der Waals surface area contributed by atoms with Gasteiger partial charge in [0, 0.05) is 39.6 Å². The van der Waals surface area contributed by atoms with Crippen LogP contribution in [0.3, 0.4) is 0 Å². The first-order chi connectivity index (χ1) is 9.99. The molecule has 1 amide bonds. The highest BCUT2D eigenvalue weighted by Crippen LogP contribution is 2.04. The minimum absolute atomic E-state index is 0. The maximum Gasteiger partial charge on any atom is 0.310 e. The van der Waals surface area contributed by atoms with E-state index in [4.69, 9.17) is 4.74 Å². The number of hydrogen-bond donors (Lipinski definition) is 1. The molecule has 0 aliphatic carbocycles. The highest BCUT2D eigenvalue weighted by Gasteiger charge is 2.21. The van der Waals surface area contributed by atoms with Crippen LogP contribution in [0.2, 0.25) is 0 Å². The van der Waals surface area contributed by atoms with Gasteiger partial charge in [0.25, 0.3) is 0 Å². The van der Waals surface area contributed by atoms with E-state index in [1.165, 1.54) is 7.11 Å². The number of ether oxygens (including phenoxy) is 1. The fraction of sp³-hybridized carbons (Fsp3) is 0.786. The lowest BCUT2D eigenvalue weighted by molar-refractivity contribution is -0.144. The Balaban J connectivity index is 0.00000441. The number of nitrogens with one attached hydrogen (secondary N) is 1. The third-order valence-electron chi connectivity index (χ3n) is 3.48. The molecule has 128 valence electrons. The Bertz CT molecular complexity index is 396. The number of carbonyl (C=O) groups is 2. The average Bonchev–Trinajstić information content (AvgIpc) is 2.50. The lowest BCUT2D eigenvalue weighted by Crippen LogP contribution is -2.53. The molecule has 1 aliphatic heterocycles. The van der Waals surface area contributed by atoms with Gasteiger partial charge in [-0.25, -0.2) is 0 Å². The van der Waals surface area contributed by atoms with E-state index in [1.54, 1.807) is 13.8 Å². The molecule has 1 fully saturated rings. The monoisotopic (exact) mass is 426 g/mol. The predicted octanol–water partition coefficient (Wildman–Crippen LogP) is 0.543. The second-order valence-electron chi connectivity index (χ2n) is 5.11. The van der Waals surface area contributed by atoms with Crippen LogP contribution in [-0.4, -0.2) is 74.0 Å².